The number of aliphatic hydroxyl groups is 1. The monoisotopic (exact) mass is 278 g/mol. The number of benzene rings is 1. The van der Waals surface area contributed by atoms with Gasteiger partial charge in [-0.2, -0.15) is 0 Å². The molecule has 1 aromatic carbocycles. The predicted octanol–water partition coefficient (Wildman–Crippen LogP) is 0.770. The number of hydrogen-bond donors (Lipinski definition) is 2. The molecule has 0 radical (unpaired) electrons. The molecule has 2 aliphatic rings. The van der Waals surface area contributed by atoms with Gasteiger partial charge in [0, 0.05) is 25.7 Å². The Morgan fingerprint density at radius 1 is 1.30 bits per heavy atom. The van der Waals surface area contributed by atoms with E-state index in [0.29, 0.717) is 19.0 Å². The van der Waals surface area contributed by atoms with Crippen molar-refractivity contribution in [2.45, 2.75) is 19.1 Å². The first kappa shape index (κ1) is 13.7. The number of fused-ring (bicyclic) bond motifs is 1. The van der Waals surface area contributed by atoms with E-state index in [0.717, 1.165) is 36.9 Å². The first-order chi connectivity index (χ1) is 9.63. The number of aliphatic hydroxyl groups excluding tert-OH is 1. The van der Waals surface area contributed by atoms with Gasteiger partial charge in [0.2, 0.25) is 0 Å². The molecule has 0 aromatic heterocycles. The van der Waals surface area contributed by atoms with Gasteiger partial charge in [-0.05, 0) is 23.6 Å². The summed E-state index contributed by atoms with van der Waals surface area (Å²) in [4.78, 5) is 2.27. The Hall–Kier alpha value is -1.30. The number of nitrogens with zero attached hydrogens (tertiary/aromatic N) is 1. The highest BCUT2D eigenvalue weighted by molar-refractivity contribution is 5.44. The lowest BCUT2D eigenvalue weighted by atomic mass is 9.98. The summed E-state index contributed by atoms with van der Waals surface area (Å²) in [7, 11) is 0. The topological polar surface area (TPSA) is 68.0 Å². The Morgan fingerprint density at radius 2 is 2.00 bits per heavy atom. The summed E-state index contributed by atoms with van der Waals surface area (Å²) in [6, 6.07) is 5.24. The Balaban J connectivity index is 1.65. The van der Waals surface area contributed by atoms with Gasteiger partial charge in [-0.25, -0.2) is 0 Å². The lowest BCUT2D eigenvalue weighted by Crippen LogP contribution is -2.51. The van der Waals surface area contributed by atoms with Gasteiger partial charge in [0.15, 0.2) is 11.5 Å². The fourth-order valence-corrected chi connectivity index (χ4v) is 2.87. The highest BCUT2D eigenvalue weighted by atomic mass is 16.6. The summed E-state index contributed by atoms with van der Waals surface area (Å²) in [6.45, 7) is 6.20. The Labute approximate surface area is 119 Å². The molecule has 2 atom stereocenters. The predicted molar refractivity (Wildman–Crippen MR) is 76.0 cm³/mol. The normalized spacial score (nSPS) is 22.1. The molecule has 1 aromatic rings. The Morgan fingerprint density at radius 3 is 2.70 bits per heavy atom. The molecule has 1 saturated heterocycles. The molecule has 3 rings (SSSR count). The Kier molecular flexibility index (Phi) is 3.83. The summed E-state index contributed by atoms with van der Waals surface area (Å²) in [6.07, 6.45) is -0.679. The van der Waals surface area contributed by atoms with Gasteiger partial charge in [-0.1, -0.05) is 13.0 Å². The first-order valence-electron chi connectivity index (χ1n) is 7.19. The quantitative estimate of drug-likeness (QED) is 0.851. The number of rotatable bonds is 4. The van der Waals surface area contributed by atoms with Crippen LogP contribution < -0.4 is 15.2 Å². The van der Waals surface area contributed by atoms with E-state index in [4.69, 9.17) is 15.2 Å². The van der Waals surface area contributed by atoms with Crippen LogP contribution in [0.5, 0.6) is 11.5 Å². The van der Waals surface area contributed by atoms with Crippen LogP contribution in [0.1, 0.15) is 18.6 Å². The first-order valence-corrected chi connectivity index (χ1v) is 7.19. The van der Waals surface area contributed by atoms with Crippen LogP contribution in [0.2, 0.25) is 0 Å². The fourth-order valence-electron chi connectivity index (χ4n) is 2.87. The van der Waals surface area contributed by atoms with Gasteiger partial charge in [0.05, 0.1) is 6.10 Å². The summed E-state index contributed by atoms with van der Waals surface area (Å²) in [5.74, 6) is 2.17. The summed E-state index contributed by atoms with van der Waals surface area (Å²) in [5, 5.41) is 10.4. The van der Waals surface area contributed by atoms with Gasteiger partial charge < -0.3 is 25.2 Å². The molecule has 1 fully saturated rings. The second-order valence-electron chi connectivity index (χ2n) is 5.84. The molecule has 0 aliphatic carbocycles. The van der Waals surface area contributed by atoms with Crippen LogP contribution in [-0.4, -0.2) is 48.9 Å². The average Bonchev–Trinajstić information content (AvgIpc) is 2.44. The fraction of sp³-hybridized carbons (Fsp3) is 0.600. The molecule has 110 valence electrons. The molecule has 0 unspecified atom stereocenters. The largest absolute Gasteiger partial charge is 0.486 e. The minimum Gasteiger partial charge on any atom is -0.486 e. The van der Waals surface area contributed by atoms with Crippen molar-refractivity contribution in [3.63, 3.8) is 0 Å². The van der Waals surface area contributed by atoms with Gasteiger partial charge in [0.25, 0.3) is 0 Å². The van der Waals surface area contributed by atoms with Crippen molar-refractivity contribution < 1.29 is 14.6 Å². The van der Waals surface area contributed by atoms with E-state index < -0.39 is 6.10 Å². The van der Waals surface area contributed by atoms with Crippen LogP contribution >= 0.6 is 0 Å². The van der Waals surface area contributed by atoms with E-state index in [2.05, 4.69) is 11.8 Å². The van der Waals surface area contributed by atoms with Crippen LogP contribution in [0.4, 0.5) is 0 Å². The number of nitrogens with two attached hydrogens (primary N) is 1. The van der Waals surface area contributed by atoms with Crippen LogP contribution in [0.25, 0.3) is 0 Å². The van der Waals surface area contributed by atoms with E-state index >= 15 is 0 Å². The SMILES string of the molecule is CC1CN(C[C@@H](N)[C@H](O)c2ccc3c(c2)OCCO3)C1. The van der Waals surface area contributed by atoms with Gasteiger partial charge in [-0.3, -0.25) is 0 Å². The van der Waals surface area contributed by atoms with Crippen molar-refractivity contribution in [2.24, 2.45) is 11.7 Å². The summed E-state index contributed by atoms with van der Waals surface area (Å²) in [5.41, 5.74) is 6.90. The van der Waals surface area contributed by atoms with Crippen LogP contribution in [0, 0.1) is 5.92 Å². The second kappa shape index (κ2) is 5.60. The van der Waals surface area contributed by atoms with E-state index in [9.17, 15) is 5.11 Å². The van der Waals surface area contributed by atoms with Crippen LogP contribution in [-0.2, 0) is 0 Å². The van der Waals surface area contributed by atoms with E-state index in [1.54, 1.807) is 0 Å². The zero-order chi connectivity index (χ0) is 14.1. The summed E-state index contributed by atoms with van der Waals surface area (Å²) >= 11 is 0. The molecule has 0 bridgehead atoms. The summed E-state index contributed by atoms with van der Waals surface area (Å²) < 4.78 is 11.0. The molecular weight excluding hydrogens is 256 g/mol. The standard InChI is InChI=1S/C15H22N2O3/c1-10-7-17(8-10)9-12(16)15(18)11-2-3-13-14(6-11)20-5-4-19-13/h2-3,6,10,12,15,18H,4-5,7-9,16H2,1H3/t12-,15-/m1/s1. The van der Waals surface area contributed by atoms with Gasteiger partial charge in [-0.15, -0.1) is 0 Å². The molecule has 5 nitrogen and oxygen atoms in total. The molecule has 3 N–H and O–H groups in total. The van der Waals surface area contributed by atoms with Crippen molar-refractivity contribution in [1.82, 2.24) is 4.90 Å². The van der Waals surface area contributed by atoms with Crippen molar-refractivity contribution >= 4 is 0 Å². The average molecular weight is 278 g/mol. The number of ether oxygens (including phenoxy) is 2. The molecular formula is C15H22N2O3. The molecule has 0 saturated carbocycles. The Bertz CT molecular complexity index is 474. The van der Waals surface area contributed by atoms with Crippen LogP contribution in [0.3, 0.4) is 0 Å². The molecule has 20 heavy (non-hydrogen) atoms. The van der Waals surface area contributed by atoms with Crippen molar-refractivity contribution in [3.05, 3.63) is 23.8 Å². The molecule has 2 aliphatic heterocycles. The third kappa shape index (κ3) is 2.75. The minimum atomic E-state index is -0.679. The maximum Gasteiger partial charge on any atom is 0.161 e. The maximum absolute atomic E-state index is 10.4. The number of likely N-dealkylation sites (tertiary alicyclic amines) is 1. The third-order valence-electron chi connectivity index (χ3n) is 3.92. The lowest BCUT2D eigenvalue weighted by Gasteiger charge is -2.39. The third-order valence-corrected chi connectivity index (χ3v) is 3.92. The highest BCUT2D eigenvalue weighted by Crippen LogP contribution is 2.33. The smallest absolute Gasteiger partial charge is 0.161 e. The molecule has 2 heterocycles. The van der Waals surface area contributed by atoms with Crippen molar-refractivity contribution in [3.8, 4) is 11.5 Å². The molecule has 0 amide bonds. The van der Waals surface area contributed by atoms with E-state index in [1.807, 2.05) is 18.2 Å². The van der Waals surface area contributed by atoms with E-state index in [1.165, 1.54) is 0 Å². The van der Waals surface area contributed by atoms with Gasteiger partial charge in [0.1, 0.15) is 13.2 Å². The van der Waals surface area contributed by atoms with Crippen LogP contribution in [0.15, 0.2) is 18.2 Å². The number of hydrogen-bond acceptors (Lipinski definition) is 5. The molecule has 5 heteroatoms. The zero-order valence-electron chi connectivity index (χ0n) is 11.8. The highest BCUT2D eigenvalue weighted by Gasteiger charge is 2.27. The molecule has 0 spiro atoms. The minimum absolute atomic E-state index is 0.287. The van der Waals surface area contributed by atoms with Gasteiger partial charge >= 0.3 is 0 Å². The van der Waals surface area contributed by atoms with Crippen molar-refractivity contribution in [2.75, 3.05) is 32.8 Å². The lowest BCUT2D eigenvalue weighted by molar-refractivity contribution is 0.0658. The van der Waals surface area contributed by atoms with Crippen molar-refractivity contribution in [1.29, 1.82) is 0 Å². The second-order valence-corrected chi connectivity index (χ2v) is 5.84. The van der Waals surface area contributed by atoms with E-state index in [-0.39, 0.29) is 6.04 Å². The zero-order valence-corrected chi connectivity index (χ0v) is 11.8. The maximum atomic E-state index is 10.4.